The van der Waals surface area contributed by atoms with Gasteiger partial charge in [0.25, 0.3) is 25.1 Å². The molecule has 37 heavy (non-hydrogen) atoms. The second-order valence-electron chi connectivity index (χ2n) is 8.15. The predicted octanol–water partition coefficient (Wildman–Crippen LogP) is 1.20. The average molecular weight is 577 g/mol. The fourth-order valence-corrected chi connectivity index (χ4v) is 8.65. The van der Waals surface area contributed by atoms with Gasteiger partial charge in [0.2, 0.25) is 5.91 Å². The van der Waals surface area contributed by atoms with Crippen molar-refractivity contribution in [2.75, 3.05) is 33.4 Å². The highest BCUT2D eigenvalue weighted by molar-refractivity contribution is 7.94. The number of carbonyl (C=O) groups is 1. The van der Waals surface area contributed by atoms with Gasteiger partial charge in [-0.2, -0.15) is 4.31 Å². The molecule has 1 atom stereocenters. The van der Waals surface area contributed by atoms with E-state index in [9.17, 15) is 31.7 Å². The number of hydrogen-bond acceptors (Lipinski definition) is 11. The smallest absolute Gasteiger partial charge is 0.294 e. The maximum Gasteiger partial charge on any atom is 0.294 e. The summed E-state index contributed by atoms with van der Waals surface area (Å²) in [4.78, 5) is 27.0. The van der Waals surface area contributed by atoms with Gasteiger partial charge in [0.15, 0.2) is 0 Å². The third kappa shape index (κ3) is 7.24. The van der Waals surface area contributed by atoms with Crippen molar-refractivity contribution in [3.05, 3.63) is 57.1 Å². The third-order valence-corrected chi connectivity index (χ3v) is 10.9. The number of amides is 1. The van der Waals surface area contributed by atoms with Gasteiger partial charge in [0, 0.05) is 38.4 Å². The molecular weight excluding hydrogens is 548 g/mol. The van der Waals surface area contributed by atoms with Crippen LogP contribution in [0.2, 0.25) is 0 Å². The minimum atomic E-state index is -4.33. The number of fused-ring (bicyclic) bond motifs is 1. The summed E-state index contributed by atoms with van der Waals surface area (Å²) in [6, 6.07) is 7.01. The zero-order valence-corrected chi connectivity index (χ0v) is 22.7. The zero-order chi connectivity index (χ0) is 27.2. The fourth-order valence-electron chi connectivity index (χ4n) is 3.78. The number of carbonyl (C=O) groups excluding carboxylic acids is 1. The Morgan fingerprint density at radius 1 is 1.27 bits per heavy atom. The number of nitrogens with one attached hydrogen (secondary N) is 2. The van der Waals surface area contributed by atoms with Crippen LogP contribution in [0.5, 0.6) is 0 Å². The standard InChI is InChI=1S/C21H28N4O9S3/c1-3-22-18-13-24(9-4-10-33-2)37(31,32)21-17(18)12-20(35-21)36(29,30)23-19(26)11-15-5-7-16(8-6-15)14-34-25(27)28/h5-8,12,18,22H,3-4,9-11,13-14H2,1-2H3,(H,23,26)/t18-/m0/s1. The Kier molecular flexibility index (Phi) is 9.60. The van der Waals surface area contributed by atoms with Gasteiger partial charge in [-0.05, 0) is 30.2 Å². The number of nitrogens with zero attached hydrogens (tertiary/aromatic N) is 2. The van der Waals surface area contributed by atoms with E-state index >= 15 is 0 Å². The minimum Gasteiger partial charge on any atom is -0.385 e. The number of rotatable bonds is 13. The Hall–Kier alpha value is -2.63. The molecule has 0 aliphatic carbocycles. The van der Waals surface area contributed by atoms with Gasteiger partial charge in [-0.1, -0.05) is 31.2 Å². The van der Waals surface area contributed by atoms with Crippen molar-refractivity contribution < 1.29 is 36.3 Å². The molecule has 0 bridgehead atoms. The average Bonchev–Trinajstić information content (AvgIpc) is 3.29. The molecule has 2 aromatic rings. The molecule has 204 valence electrons. The maximum absolute atomic E-state index is 13.2. The predicted molar refractivity (Wildman–Crippen MR) is 133 cm³/mol. The summed E-state index contributed by atoms with van der Waals surface area (Å²) in [7, 11) is -6.73. The summed E-state index contributed by atoms with van der Waals surface area (Å²) in [5.74, 6) is -0.812. The van der Waals surface area contributed by atoms with Crippen LogP contribution in [0.25, 0.3) is 0 Å². The number of benzene rings is 1. The number of ether oxygens (including phenoxy) is 1. The Bertz CT molecular complexity index is 1330. The Morgan fingerprint density at radius 2 is 1.95 bits per heavy atom. The van der Waals surface area contributed by atoms with E-state index in [-0.39, 0.29) is 34.5 Å². The molecule has 0 unspecified atom stereocenters. The van der Waals surface area contributed by atoms with E-state index < -0.39 is 37.1 Å². The summed E-state index contributed by atoms with van der Waals surface area (Å²) < 4.78 is 60.3. The first-order chi connectivity index (χ1) is 17.5. The fraction of sp³-hybridized carbons (Fsp3) is 0.476. The SMILES string of the molecule is CCN[C@H]1CN(CCCOC)S(=O)(=O)c2sc(S(=O)(=O)NC(=O)Cc3ccc(CO[N+](=O)[O-])cc3)cc21. The van der Waals surface area contributed by atoms with Crippen molar-refractivity contribution in [1.82, 2.24) is 14.3 Å². The van der Waals surface area contributed by atoms with Gasteiger partial charge >= 0.3 is 0 Å². The lowest BCUT2D eigenvalue weighted by Gasteiger charge is -2.32. The molecule has 1 aromatic carbocycles. The maximum atomic E-state index is 13.2. The van der Waals surface area contributed by atoms with Crippen LogP contribution >= 0.6 is 11.3 Å². The molecule has 0 saturated heterocycles. The topological polar surface area (TPSA) is 174 Å². The van der Waals surface area contributed by atoms with Crippen molar-refractivity contribution in [3.8, 4) is 0 Å². The molecule has 1 aliphatic rings. The van der Waals surface area contributed by atoms with E-state index in [1.807, 2.05) is 11.6 Å². The molecule has 0 fully saturated rings. The van der Waals surface area contributed by atoms with Gasteiger partial charge in [-0.25, -0.2) is 21.6 Å². The van der Waals surface area contributed by atoms with Crippen LogP contribution in [-0.4, -0.2) is 65.5 Å². The molecule has 1 amide bonds. The molecule has 0 spiro atoms. The second-order valence-corrected chi connectivity index (χ2v) is 13.2. The van der Waals surface area contributed by atoms with Crippen molar-refractivity contribution in [2.45, 2.75) is 40.8 Å². The number of hydrogen-bond donors (Lipinski definition) is 2. The van der Waals surface area contributed by atoms with Crippen LogP contribution in [0.1, 0.15) is 36.1 Å². The first-order valence-electron chi connectivity index (χ1n) is 11.2. The van der Waals surface area contributed by atoms with E-state index in [4.69, 9.17) is 4.74 Å². The van der Waals surface area contributed by atoms with Crippen LogP contribution < -0.4 is 10.0 Å². The van der Waals surface area contributed by atoms with Crippen molar-refractivity contribution in [1.29, 1.82) is 0 Å². The third-order valence-electron chi connectivity index (χ3n) is 5.48. The van der Waals surface area contributed by atoms with Crippen LogP contribution in [0.4, 0.5) is 0 Å². The van der Waals surface area contributed by atoms with E-state index in [0.29, 0.717) is 47.6 Å². The Balaban J connectivity index is 1.76. The zero-order valence-electron chi connectivity index (χ0n) is 20.2. The Morgan fingerprint density at radius 3 is 2.57 bits per heavy atom. The molecular formula is C21H28N4O9S3. The van der Waals surface area contributed by atoms with Gasteiger partial charge in [-0.3, -0.25) is 4.79 Å². The normalized spacial score (nSPS) is 17.2. The molecule has 2 N–H and O–H groups in total. The highest BCUT2D eigenvalue weighted by atomic mass is 32.3. The first-order valence-corrected chi connectivity index (χ1v) is 15.0. The number of thiophene rings is 1. The van der Waals surface area contributed by atoms with Crippen LogP contribution in [0, 0.1) is 10.1 Å². The first kappa shape index (κ1) is 28.9. The minimum absolute atomic E-state index is 0.0672. The largest absolute Gasteiger partial charge is 0.385 e. The van der Waals surface area contributed by atoms with Gasteiger partial charge in [-0.15, -0.1) is 21.5 Å². The van der Waals surface area contributed by atoms with E-state index in [0.717, 1.165) is 0 Å². The van der Waals surface area contributed by atoms with Crippen LogP contribution in [-0.2, 0) is 47.4 Å². The molecule has 0 saturated carbocycles. The van der Waals surface area contributed by atoms with Crippen molar-refractivity contribution >= 4 is 37.3 Å². The van der Waals surface area contributed by atoms with Crippen molar-refractivity contribution in [3.63, 3.8) is 0 Å². The molecule has 1 aromatic heterocycles. The van der Waals surface area contributed by atoms with Gasteiger partial charge in [0.1, 0.15) is 15.0 Å². The molecule has 1 aliphatic heterocycles. The van der Waals surface area contributed by atoms with Crippen LogP contribution in [0.3, 0.4) is 0 Å². The summed E-state index contributed by atoms with van der Waals surface area (Å²) in [5, 5.41) is 12.6. The lowest BCUT2D eigenvalue weighted by molar-refractivity contribution is -0.763. The molecule has 13 nitrogen and oxygen atoms in total. The van der Waals surface area contributed by atoms with E-state index in [2.05, 4.69) is 10.2 Å². The monoisotopic (exact) mass is 576 g/mol. The number of methoxy groups -OCH3 is 1. The van der Waals surface area contributed by atoms with Crippen molar-refractivity contribution in [2.24, 2.45) is 0 Å². The van der Waals surface area contributed by atoms with Gasteiger partial charge < -0.3 is 14.9 Å². The number of likely N-dealkylation sites (N-methyl/N-ethyl adjacent to an activating group) is 1. The summed E-state index contributed by atoms with van der Waals surface area (Å²) in [6.45, 7) is 2.92. The molecule has 16 heteroatoms. The summed E-state index contributed by atoms with van der Waals surface area (Å²) in [5.41, 5.74) is 1.34. The van der Waals surface area contributed by atoms with Crippen LogP contribution in [0.15, 0.2) is 38.8 Å². The van der Waals surface area contributed by atoms with E-state index in [1.54, 1.807) is 0 Å². The quantitative estimate of drug-likeness (QED) is 0.200. The molecule has 2 heterocycles. The second kappa shape index (κ2) is 12.3. The highest BCUT2D eigenvalue weighted by Crippen LogP contribution is 2.40. The summed E-state index contributed by atoms with van der Waals surface area (Å²) in [6.07, 6.45) is 0.215. The van der Waals surface area contributed by atoms with Gasteiger partial charge in [0.05, 0.1) is 6.42 Å². The molecule has 3 rings (SSSR count). The Labute approximate surface area is 219 Å². The van der Waals surface area contributed by atoms with E-state index in [1.165, 1.54) is 41.7 Å². The summed E-state index contributed by atoms with van der Waals surface area (Å²) >= 11 is 0.607. The lowest BCUT2D eigenvalue weighted by Crippen LogP contribution is -2.43. The highest BCUT2D eigenvalue weighted by Gasteiger charge is 2.40. The molecule has 0 radical (unpaired) electrons. The lowest BCUT2D eigenvalue weighted by atomic mass is 10.1. The number of sulfonamides is 2.